The lowest BCUT2D eigenvalue weighted by molar-refractivity contribution is 0.0521. The highest BCUT2D eigenvalue weighted by Crippen LogP contribution is 2.34. The molecule has 7 nitrogen and oxygen atoms in total. The summed E-state index contributed by atoms with van der Waals surface area (Å²) in [6.45, 7) is 12.8. The monoisotopic (exact) mass is 595 g/mol. The number of aromatic nitrogens is 3. The van der Waals surface area contributed by atoms with Crippen molar-refractivity contribution < 1.29 is 23.5 Å². The first-order valence-electron chi connectivity index (χ1n) is 14.5. The Labute approximate surface area is 258 Å². The first-order chi connectivity index (χ1) is 21.0. The average molecular weight is 596 g/mol. The van der Waals surface area contributed by atoms with Crippen LogP contribution in [0.25, 0.3) is 22.6 Å². The molecule has 0 fully saturated rings. The number of carbonyl (C=O) groups excluding carboxylic acids is 2. The molecule has 0 saturated carbocycles. The van der Waals surface area contributed by atoms with Crippen LogP contribution in [0.1, 0.15) is 75.8 Å². The summed E-state index contributed by atoms with van der Waals surface area (Å²) in [5.41, 5.74) is 1.47. The number of ether oxygens (including phenoxy) is 2. The molecule has 0 amide bonds. The van der Waals surface area contributed by atoms with Crippen molar-refractivity contribution in [3.05, 3.63) is 107 Å². The molecule has 4 aromatic rings. The number of esters is 1. The Hall–Kier alpha value is -5.03. The van der Waals surface area contributed by atoms with Gasteiger partial charge in [0, 0.05) is 17.3 Å². The molecule has 0 aliphatic heterocycles. The minimum absolute atomic E-state index is 0.0600. The lowest BCUT2D eigenvalue weighted by Crippen LogP contribution is -2.28. The maximum Gasteiger partial charge on any atom is 0.420 e. The van der Waals surface area contributed by atoms with Crippen LogP contribution < -0.4 is 0 Å². The van der Waals surface area contributed by atoms with Crippen LogP contribution in [0.5, 0.6) is 0 Å². The van der Waals surface area contributed by atoms with Gasteiger partial charge in [-0.2, -0.15) is 0 Å². The zero-order valence-corrected chi connectivity index (χ0v) is 26.3. The van der Waals surface area contributed by atoms with Crippen molar-refractivity contribution >= 4 is 12.1 Å². The molecule has 2 heterocycles. The van der Waals surface area contributed by atoms with Gasteiger partial charge in [0.15, 0.2) is 11.5 Å². The van der Waals surface area contributed by atoms with Crippen LogP contribution in [0.4, 0.5) is 9.18 Å². The molecule has 44 heavy (non-hydrogen) atoms. The summed E-state index contributed by atoms with van der Waals surface area (Å²) in [6.07, 6.45) is 5.13. The van der Waals surface area contributed by atoms with Gasteiger partial charge in [-0.05, 0) is 89.8 Å². The van der Waals surface area contributed by atoms with Crippen molar-refractivity contribution in [2.24, 2.45) is 0 Å². The van der Waals surface area contributed by atoms with Crippen LogP contribution in [0, 0.1) is 17.7 Å². The van der Waals surface area contributed by atoms with Gasteiger partial charge in [-0.1, -0.05) is 55.3 Å². The van der Waals surface area contributed by atoms with Crippen molar-refractivity contribution in [3.63, 3.8) is 0 Å². The van der Waals surface area contributed by atoms with Gasteiger partial charge >= 0.3 is 12.1 Å². The molecule has 0 aliphatic rings. The predicted octanol–water partition coefficient (Wildman–Crippen LogP) is 8.26. The second kappa shape index (κ2) is 15.4. The second-order valence-electron chi connectivity index (χ2n) is 10.5. The molecule has 228 valence electrons. The van der Waals surface area contributed by atoms with Gasteiger partial charge in [0.25, 0.3) is 0 Å². The Morgan fingerprint density at radius 1 is 0.955 bits per heavy atom. The van der Waals surface area contributed by atoms with Crippen LogP contribution in [0.2, 0.25) is 0 Å². The van der Waals surface area contributed by atoms with E-state index in [4.69, 9.17) is 9.47 Å². The SMILES string of the molecule is C/C=C\C.CCOC(=O)c1nc(-c2c(F)cccc2CC)n(C(=O)OC(C)(C)C)c1-c1ccc(C#Cc2ccccc2)nc1. The van der Waals surface area contributed by atoms with Crippen LogP contribution in [-0.4, -0.2) is 38.8 Å². The summed E-state index contributed by atoms with van der Waals surface area (Å²) in [5.74, 6) is 4.65. The fourth-order valence-electron chi connectivity index (χ4n) is 4.06. The van der Waals surface area contributed by atoms with Crippen molar-refractivity contribution in [1.82, 2.24) is 14.5 Å². The van der Waals surface area contributed by atoms with Crippen molar-refractivity contribution in [2.45, 2.75) is 60.5 Å². The maximum atomic E-state index is 15.3. The van der Waals surface area contributed by atoms with E-state index in [-0.39, 0.29) is 29.4 Å². The van der Waals surface area contributed by atoms with Gasteiger partial charge in [0.2, 0.25) is 0 Å². The van der Waals surface area contributed by atoms with Crippen LogP contribution in [0.3, 0.4) is 0 Å². The molecule has 0 spiro atoms. The normalized spacial score (nSPS) is 10.8. The van der Waals surface area contributed by atoms with E-state index in [1.165, 1.54) is 12.3 Å². The average Bonchev–Trinajstić information content (AvgIpc) is 3.40. The fourth-order valence-corrected chi connectivity index (χ4v) is 4.06. The highest BCUT2D eigenvalue weighted by molar-refractivity contribution is 5.99. The van der Waals surface area contributed by atoms with Gasteiger partial charge in [0.1, 0.15) is 17.1 Å². The molecule has 0 N–H and O–H groups in total. The molecule has 0 radical (unpaired) electrons. The van der Waals surface area contributed by atoms with Crippen molar-refractivity contribution in [1.29, 1.82) is 0 Å². The Bertz CT molecular complexity index is 1670. The number of halogens is 1. The van der Waals surface area contributed by atoms with E-state index in [0.29, 0.717) is 23.2 Å². The molecule has 0 atom stereocenters. The smallest absolute Gasteiger partial charge is 0.420 e. The molecule has 0 bridgehead atoms. The number of hydrogen-bond donors (Lipinski definition) is 0. The summed E-state index contributed by atoms with van der Waals surface area (Å²) < 4.78 is 27.4. The van der Waals surface area contributed by atoms with Gasteiger partial charge in [-0.15, -0.1) is 0 Å². The summed E-state index contributed by atoms with van der Waals surface area (Å²) in [5, 5.41) is 0. The number of pyridine rings is 1. The first kappa shape index (κ1) is 33.5. The van der Waals surface area contributed by atoms with Gasteiger partial charge in [-0.25, -0.2) is 28.5 Å². The number of rotatable bonds is 5. The zero-order valence-electron chi connectivity index (χ0n) is 26.3. The molecule has 0 unspecified atom stereocenters. The summed E-state index contributed by atoms with van der Waals surface area (Å²) >= 11 is 0. The minimum atomic E-state index is -0.877. The minimum Gasteiger partial charge on any atom is -0.461 e. The Morgan fingerprint density at radius 3 is 2.23 bits per heavy atom. The molecule has 4 rings (SSSR count). The van der Waals surface area contributed by atoms with E-state index in [9.17, 15) is 9.59 Å². The standard InChI is InChI=1S/C32H30FN3O4.C4H8/c1-6-22-14-11-15-25(33)26(22)29-35-27(30(37)39-7-2)28(36(29)31(38)40-32(3,4)5)23-17-19-24(34-20-23)18-16-21-12-9-8-10-13-21;1-3-4-2/h8-15,17,19-20H,6-7H2,1-5H3;3-4H,1-2H3/b;4-3-. The topological polar surface area (TPSA) is 83.3 Å². The number of nitrogens with zero attached hydrogens (tertiary/aromatic N) is 3. The molecule has 2 aromatic heterocycles. The molecular formula is C36H38FN3O4. The van der Waals surface area contributed by atoms with E-state index in [1.807, 2.05) is 63.3 Å². The largest absolute Gasteiger partial charge is 0.461 e. The highest BCUT2D eigenvalue weighted by Gasteiger charge is 2.33. The number of aryl methyl sites for hydroxylation is 1. The van der Waals surface area contributed by atoms with E-state index in [2.05, 4.69) is 21.8 Å². The number of carbonyl (C=O) groups is 2. The Morgan fingerprint density at radius 2 is 1.66 bits per heavy atom. The van der Waals surface area contributed by atoms with E-state index in [0.717, 1.165) is 10.1 Å². The molecule has 0 aliphatic carbocycles. The molecular weight excluding hydrogens is 557 g/mol. The fraction of sp³-hybridized carbons (Fsp3) is 0.278. The molecule has 2 aromatic carbocycles. The quantitative estimate of drug-likeness (QED) is 0.131. The Balaban J connectivity index is 0.00000124. The van der Waals surface area contributed by atoms with Gasteiger partial charge < -0.3 is 9.47 Å². The lowest BCUT2D eigenvalue weighted by Gasteiger charge is -2.21. The third kappa shape index (κ3) is 8.51. The van der Waals surface area contributed by atoms with Crippen molar-refractivity contribution in [2.75, 3.05) is 6.61 Å². The van der Waals surface area contributed by atoms with E-state index < -0.39 is 23.5 Å². The number of allylic oxidation sites excluding steroid dienone is 2. The van der Waals surface area contributed by atoms with E-state index >= 15 is 4.39 Å². The number of benzene rings is 2. The number of imidazole rings is 1. The summed E-state index contributed by atoms with van der Waals surface area (Å²) in [7, 11) is 0. The predicted molar refractivity (Wildman–Crippen MR) is 171 cm³/mol. The zero-order chi connectivity index (χ0) is 32.3. The third-order valence-electron chi connectivity index (χ3n) is 6.11. The lowest BCUT2D eigenvalue weighted by atomic mass is 10.0. The van der Waals surface area contributed by atoms with Crippen LogP contribution in [-0.2, 0) is 15.9 Å². The van der Waals surface area contributed by atoms with Crippen LogP contribution >= 0.6 is 0 Å². The van der Waals surface area contributed by atoms with Crippen molar-refractivity contribution in [3.8, 4) is 34.5 Å². The number of hydrogen-bond acceptors (Lipinski definition) is 6. The Kier molecular flexibility index (Phi) is 11.7. The second-order valence-corrected chi connectivity index (χ2v) is 10.5. The molecule has 0 saturated heterocycles. The highest BCUT2D eigenvalue weighted by atomic mass is 19.1. The summed E-state index contributed by atoms with van der Waals surface area (Å²) in [6, 6.07) is 17.4. The third-order valence-corrected chi connectivity index (χ3v) is 6.11. The van der Waals surface area contributed by atoms with Gasteiger partial charge in [0.05, 0.1) is 17.9 Å². The maximum absolute atomic E-state index is 15.3. The van der Waals surface area contributed by atoms with Gasteiger partial charge in [-0.3, -0.25) is 0 Å². The molecule has 8 heteroatoms. The van der Waals surface area contributed by atoms with Crippen LogP contribution in [0.15, 0.2) is 79.0 Å². The first-order valence-corrected chi connectivity index (χ1v) is 14.5. The summed E-state index contributed by atoms with van der Waals surface area (Å²) in [4.78, 5) is 35.7. The van der Waals surface area contributed by atoms with E-state index in [1.54, 1.807) is 52.0 Å².